The third-order valence-electron chi connectivity index (χ3n) is 6.46. The molecule has 1 atom stereocenters. The summed E-state index contributed by atoms with van der Waals surface area (Å²) in [5, 5.41) is 0. The first kappa shape index (κ1) is 20.1. The van der Waals surface area contributed by atoms with Crippen molar-refractivity contribution in [2.75, 3.05) is 11.4 Å². The number of benzene rings is 2. The number of aromatic nitrogens is 2. The van der Waals surface area contributed by atoms with Crippen LogP contribution in [0.15, 0.2) is 42.5 Å². The van der Waals surface area contributed by atoms with Crippen LogP contribution in [-0.2, 0) is 13.1 Å². The zero-order valence-corrected chi connectivity index (χ0v) is 18.3. The number of imidazole rings is 1. The molecule has 2 heterocycles. The highest BCUT2D eigenvalue weighted by Crippen LogP contribution is 2.36. The van der Waals surface area contributed by atoms with Crippen LogP contribution in [0.25, 0.3) is 11.0 Å². The number of H-pyrrole nitrogens is 1. The third kappa shape index (κ3) is 3.92. The molecule has 2 aromatic carbocycles. The van der Waals surface area contributed by atoms with Gasteiger partial charge in [-0.3, -0.25) is 4.90 Å². The number of carbonyl (C=O) groups excluding carboxylic acids is 1. The molecule has 0 radical (unpaired) electrons. The lowest BCUT2D eigenvalue weighted by Crippen LogP contribution is -2.47. The highest BCUT2D eigenvalue weighted by atomic mass is 16.2. The van der Waals surface area contributed by atoms with Gasteiger partial charge in [-0.2, -0.15) is 0 Å². The van der Waals surface area contributed by atoms with Gasteiger partial charge in [0.2, 0.25) is 0 Å². The van der Waals surface area contributed by atoms with Crippen molar-refractivity contribution in [3.05, 3.63) is 59.4 Å². The normalized spacial score (nSPS) is 17.5. The molecule has 6 heteroatoms. The number of urea groups is 1. The maximum Gasteiger partial charge on any atom is 0.325 e. The second kappa shape index (κ2) is 8.00. The smallest absolute Gasteiger partial charge is 0.325 e. The number of para-hydroxylation sites is 1. The van der Waals surface area contributed by atoms with E-state index in [1.807, 2.05) is 28.0 Å². The van der Waals surface area contributed by atoms with Crippen LogP contribution in [0, 0.1) is 5.92 Å². The van der Waals surface area contributed by atoms with E-state index < -0.39 is 0 Å². The van der Waals surface area contributed by atoms with Gasteiger partial charge in [-0.1, -0.05) is 38.1 Å². The summed E-state index contributed by atoms with van der Waals surface area (Å²) >= 11 is 0. The van der Waals surface area contributed by atoms with Crippen molar-refractivity contribution in [3.63, 3.8) is 0 Å². The average Bonchev–Trinajstić information content (AvgIpc) is 3.52. The summed E-state index contributed by atoms with van der Waals surface area (Å²) in [6.45, 7) is 6.24. The molecule has 2 aliphatic rings. The van der Waals surface area contributed by atoms with E-state index in [0.717, 1.165) is 41.8 Å². The molecule has 1 aliphatic carbocycles. The molecule has 6 nitrogen and oxygen atoms in total. The van der Waals surface area contributed by atoms with Gasteiger partial charge in [0.15, 0.2) is 0 Å². The molecule has 3 aromatic rings. The molecule has 1 aromatic heterocycles. The van der Waals surface area contributed by atoms with Crippen LogP contribution in [0.2, 0.25) is 0 Å². The van der Waals surface area contributed by atoms with E-state index in [1.54, 1.807) is 0 Å². The van der Waals surface area contributed by atoms with E-state index in [4.69, 9.17) is 10.7 Å². The highest BCUT2D eigenvalue weighted by Gasteiger charge is 2.39. The van der Waals surface area contributed by atoms with E-state index in [2.05, 4.69) is 43.1 Å². The molecule has 2 amide bonds. The number of anilines is 1. The van der Waals surface area contributed by atoms with Crippen molar-refractivity contribution in [2.45, 2.75) is 58.2 Å². The summed E-state index contributed by atoms with van der Waals surface area (Å²) < 4.78 is 0. The van der Waals surface area contributed by atoms with Crippen LogP contribution in [0.4, 0.5) is 10.5 Å². The zero-order chi connectivity index (χ0) is 21.5. The summed E-state index contributed by atoms with van der Waals surface area (Å²) in [4.78, 5) is 25.4. The van der Waals surface area contributed by atoms with Crippen LogP contribution in [0.3, 0.4) is 0 Å². The van der Waals surface area contributed by atoms with Gasteiger partial charge in [-0.05, 0) is 67.0 Å². The van der Waals surface area contributed by atoms with Gasteiger partial charge in [0.1, 0.15) is 5.82 Å². The predicted octanol–water partition coefficient (Wildman–Crippen LogP) is 4.76. The van der Waals surface area contributed by atoms with Crippen molar-refractivity contribution >= 4 is 22.8 Å². The van der Waals surface area contributed by atoms with Gasteiger partial charge in [0.25, 0.3) is 0 Å². The minimum atomic E-state index is 0.0856. The van der Waals surface area contributed by atoms with Gasteiger partial charge in [0.05, 0.1) is 23.3 Å². The summed E-state index contributed by atoms with van der Waals surface area (Å²) in [6.07, 6.45) is 3.28. The molecule has 0 bridgehead atoms. The Morgan fingerprint density at radius 3 is 2.74 bits per heavy atom. The van der Waals surface area contributed by atoms with Crippen molar-refractivity contribution in [1.29, 1.82) is 0 Å². The van der Waals surface area contributed by atoms with Crippen molar-refractivity contribution in [3.8, 4) is 0 Å². The Kier molecular flexibility index (Phi) is 5.18. The SMILES string of the molecule is CC(C)CC(CN)c1ccc2nc(CN3C(=O)N(C4CC4)Cc4ccccc43)[nH]c2c1. The van der Waals surface area contributed by atoms with Gasteiger partial charge < -0.3 is 15.6 Å². The molecule has 31 heavy (non-hydrogen) atoms. The second-order valence-electron chi connectivity index (χ2n) is 9.38. The van der Waals surface area contributed by atoms with Crippen LogP contribution >= 0.6 is 0 Å². The van der Waals surface area contributed by atoms with Crippen molar-refractivity contribution in [1.82, 2.24) is 14.9 Å². The summed E-state index contributed by atoms with van der Waals surface area (Å²) in [5.74, 6) is 1.75. The molecule has 5 rings (SSSR count). The van der Waals surface area contributed by atoms with E-state index in [1.165, 1.54) is 11.1 Å². The Morgan fingerprint density at radius 2 is 2.00 bits per heavy atom. The number of nitrogens with zero attached hydrogens (tertiary/aromatic N) is 3. The number of nitrogens with two attached hydrogens (primary N) is 1. The maximum absolute atomic E-state index is 13.3. The lowest BCUT2D eigenvalue weighted by atomic mass is 9.90. The first-order chi connectivity index (χ1) is 15.0. The Balaban J connectivity index is 1.44. The molecule has 0 saturated heterocycles. The number of carbonyl (C=O) groups is 1. The molecular formula is C25H31N5O. The van der Waals surface area contributed by atoms with Gasteiger partial charge in [-0.25, -0.2) is 9.78 Å². The fraction of sp³-hybridized carbons (Fsp3) is 0.440. The minimum absolute atomic E-state index is 0.0856. The number of amides is 2. The molecule has 1 aliphatic heterocycles. The molecule has 3 N–H and O–H groups in total. The van der Waals surface area contributed by atoms with E-state index >= 15 is 0 Å². The number of rotatable bonds is 7. The van der Waals surface area contributed by atoms with Crippen molar-refractivity contribution < 1.29 is 4.79 Å². The standard InChI is InChI=1S/C25H31N5O/c1-16(2)11-19(13-26)17-7-10-21-22(12-17)28-24(27-21)15-30-23-6-4-3-5-18(23)14-29(25(30)31)20-8-9-20/h3-7,10,12,16,19-20H,8-9,11,13-15,26H2,1-2H3,(H,27,28). The highest BCUT2D eigenvalue weighted by molar-refractivity contribution is 5.95. The van der Waals surface area contributed by atoms with Crippen LogP contribution < -0.4 is 10.6 Å². The largest absolute Gasteiger partial charge is 0.340 e. The van der Waals surface area contributed by atoms with E-state index in [-0.39, 0.29) is 6.03 Å². The number of aromatic amines is 1. The topological polar surface area (TPSA) is 78.2 Å². The Hall–Kier alpha value is -2.86. The van der Waals surface area contributed by atoms with E-state index in [0.29, 0.717) is 37.5 Å². The van der Waals surface area contributed by atoms with Gasteiger partial charge in [0, 0.05) is 12.6 Å². The number of nitrogens with one attached hydrogen (secondary N) is 1. The molecule has 0 spiro atoms. The molecule has 162 valence electrons. The summed E-state index contributed by atoms with van der Waals surface area (Å²) in [5.41, 5.74) is 11.4. The van der Waals surface area contributed by atoms with Gasteiger partial charge >= 0.3 is 6.03 Å². The average molecular weight is 418 g/mol. The third-order valence-corrected chi connectivity index (χ3v) is 6.46. The Labute approximate surface area is 183 Å². The number of hydrogen-bond donors (Lipinski definition) is 2. The number of fused-ring (bicyclic) bond motifs is 2. The number of hydrogen-bond acceptors (Lipinski definition) is 3. The summed E-state index contributed by atoms with van der Waals surface area (Å²) in [6, 6.07) is 15.1. The van der Waals surface area contributed by atoms with Gasteiger partial charge in [-0.15, -0.1) is 0 Å². The van der Waals surface area contributed by atoms with Crippen LogP contribution in [-0.4, -0.2) is 33.5 Å². The quantitative estimate of drug-likeness (QED) is 0.582. The first-order valence-corrected chi connectivity index (χ1v) is 11.4. The molecule has 1 unspecified atom stereocenters. The monoisotopic (exact) mass is 417 g/mol. The maximum atomic E-state index is 13.3. The predicted molar refractivity (Wildman–Crippen MR) is 124 cm³/mol. The Bertz CT molecular complexity index is 1100. The molecule has 1 saturated carbocycles. The second-order valence-corrected chi connectivity index (χ2v) is 9.38. The minimum Gasteiger partial charge on any atom is -0.340 e. The molecule has 1 fully saturated rings. The fourth-order valence-corrected chi connectivity index (χ4v) is 4.74. The Morgan fingerprint density at radius 1 is 1.19 bits per heavy atom. The zero-order valence-electron chi connectivity index (χ0n) is 18.3. The summed E-state index contributed by atoms with van der Waals surface area (Å²) in [7, 11) is 0. The van der Waals surface area contributed by atoms with Crippen molar-refractivity contribution in [2.24, 2.45) is 11.7 Å². The van der Waals surface area contributed by atoms with Crippen LogP contribution in [0.1, 0.15) is 56.0 Å². The lowest BCUT2D eigenvalue weighted by molar-refractivity contribution is 0.194. The molecular weight excluding hydrogens is 386 g/mol. The van der Waals surface area contributed by atoms with E-state index in [9.17, 15) is 4.79 Å². The lowest BCUT2D eigenvalue weighted by Gasteiger charge is -2.37. The van der Waals surface area contributed by atoms with Crippen LogP contribution in [0.5, 0.6) is 0 Å². The first-order valence-electron chi connectivity index (χ1n) is 11.4. The fourth-order valence-electron chi connectivity index (χ4n) is 4.74.